The van der Waals surface area contributed by atoms with Crippen molar-refractivity contribution in [3.05, 3.63) is 71.8 Å². The molecule has 8 heteroatoms. The highest BCUT2D eigenvalue weighted by molar-refractivity contribution is 5.95. The first-order valence-corrected chi connectivity index (χ1v) is 8.91. The normalized spacial score (nSPS) is 13.0. The number of amides is 1. The second-order valence-electron chi connectivity index (χ2n) is 6.43. The average molecular weight is 378 g/mol. The molecular weight excluding hydrogens is 359 g/mol. The Bertz CT molecular complexity index is 1010. The number of aromatic nitrogens is 2. The minimum Gasteiger partial charge on any atom is -0.393 e. The van der Waals surface area contributed by atoms with Crippen LogP contribution in [0.5, 0.6) is 0 Å². The lowest BCUT2D eigenvalue weighted by molar-refractivity contribution is 0.0962. The molecule has 0 saturated carbocycles. The second kappa shape index (κ2) is 7.51. The number of halogens is 1. The van der Waals surface area contributed by atoms with Crippen molar-refractivity contribution in [3.8, 4) is 0 Å². The van der Waals surface area contributed by atoms with Crippen LogP contribution in [-0.4, -0.2) is 22.4 Å². The van der Waals surface area contributed by atoms with Gasteiger partial charge in [-0.05, 0) is 48.7 Å². The first-order chi connectivity index (χ1) is 13.6. The van der Waals surface area contributed by atoms with E-state index in [9.17, 15) is 9.18 Å². The number of nitrogen functional groups attached to an aromatic ring is 1. The summed E-state index contributed by atoms with van der Waals surface area (Å²) >= 11 is 0. The van der Waals surface area contributed by atoms with Gasteiger partial charge in [0, 0.05) is 17.8 Å². The number of carbonyl (C=O) groups excluding carboxylic acids is 1. The molecule has 2 heterocycles. The van der Waals surface area contributed by atoms with E-state index in [1.807, 2.05) is 18.2 Å². The summed E-state index contributed by atoms with van der Waals surface area (Å²) in [5.74, 6) is 0.0445. The van der Waals surface area contributed by atoms with E-state index in [0.717, 1.165) is 25.1 Å². The van der Waals surface area contributed by atoms with Crippen LogP contribution in [0, 0.1) is 5.82 Å². The first-order valence-electron chi connectivity index (χ1n) is 8.91. The number of aryl methyl sites for hydroxylation is 1. The topological polar surface area (TPSA) is 96.2 Å². The minimum atomic E-state index is -0.428. The van der Waals surface area contributed by atoms with Crippen LogP contribution in [-0.2, 0) is 6.42 Å². The van der Waals surface area contributed by atoms with Gasteiger partial charge in [-0.3, -0.25) is 15.6 Å². The van der Waals surface area contributed by atoms with Gasteiger partial charge in [-0.1, -0.05) is 18.2 Å². The van der Waals surface area contributed by atoms with Gasteiger partial charge in [0.05, 0.1) is 0 Å². The molecule has 3 aromatic rings. The molecule has 1 amide bonds. The third kappa shape index (κ3) is 3.44. The van der Waals surface area contributed by atoms with Gasteiger partial charge in [0.2, 0.25) is 0 Å². The lowest BCUT2D eigenvalue weighted by Crippen LogP contribution is -2.31. The second-order valence-corrected chi connectivity index (χ2v) is 6.43. The number of rotatable bonds is 4. The van der Waals surface area contributed by atoms with Crippen LogP contribution in [0.2, 0.25) is 0 Å². The summed E-state index contributed by atoms with van der Waals surface area (Å²) in [5, 5.41) is 0. The summed E-state index contributed by atoms with van der Waals surface area (Å²) in [6.07, 6.45) is 3.40. The molecule has 0 spiro atoms. The molecule has 1 aliphatic rings. The molecule has 0 aliphatic carbocycles. The predicted octanol–water partition coefficient (Wildman–Crippen LogP) is 3.04. The van der Waals surface area contributed by atoms with Crippen LogP contribution in [0.3, 0.4) is 0 Å². The van der Waals surface area contributed by atoms with E-state index in [1.165, 1.54) is 36.2 Å². The zero-order chi connectivity index (χ0) is 19.5. The molecule has 4 rings (SSSR count). The number of fused-ring (bicyclic) bond motifs is 1. The minimum absolute atomic E-state index is 0.295. The molecule has 4 N–H and O–H groups in total. The summed E-state index contributed by atoms with van der Waals surface area (Å²) < 4.78 is 13.0. The van der Waals surface area contributed by atoms with E-state index in [0.29, 0.717) is 22.9 Å². The molecule has 2 aromatic carbocycles. The molecule has 1 aromatic heterocycles. The van der Waals surface area contributed by atoms with Crippen molar-refractivity contribution in [2.45, 2.75) is 12.8 Å². The van der Waals surface area contributed by atoms with E-state index in [4.69, 9.17) is 5.73 Å². The number of nitrogens with one attached hydrogen (secondary N) is 2. The Morgan fingerprint density at radius 2 is 1.89 bits per heavy atom. The van der Waals surface area contributed by atoms with Crippen LogP contribution in [0.4, 0.5) is 27.4 Å². The monoisotopic (exact) mass is 378 g/mol. The molecule has 0 radical (unpaired) electrons. The number of benzene rings is 2. The van der Waals surface area contributed by atoms with Crippen molar-refractivity contribution >= 4 is 28.9 Å². The maximum atomic E-state index is 13.0. The average Bonchev–Trinajstić information content (AvgIpc) is 2.73. The number of anilines is 4. The Morgan fingerprint density at radius 3 is 2.71 bits per heavy atom. The zero-order valence-electron chi connectivity index (χ0n) is 15.0. The van der Waals surface area contributed by atoms with E-state index >= 15 is 0 Å². The molecule has 0 fully saturated rings. The zero-order valence-corrected chi connectivity index (χ0v) is 15.0. The van der Waals surface area contributed by atoms with Crippen LogP contribution in [0.15, 0.2) is 54.9 Å². The van der Waals surface area contributed by atoms with Crippen molar-refractivity contribution in [3.63, 3.8) is 0 Å². The van der Waals surface area contributed by atoms with E-state index < -0.39 is 11.7 Å². The van der Waals surface area contributed by atoms with Crippen molar-refractivity contribution in [2.75, 3.05) is 22.6 Å². The summed E-state index contributed by atoms with van der Waals surface area (Å²) in [6, 6.07) is 13.4. The lowest BCUT2D eigenvalue weighted by Gasteiger charge is -2.31. The Balaban J connectivity index is 1.55. The molecule has 28 heavy (non-hydrogen) atoms. The fourth-order valence-electron chi connectivity index (χ4n) is 3.24. The number of nitrogens with zero attached hydrogens (tertiary/aromatic N) is 3. The van der Waals surface area contributed by atoms with Gasteiger partial charge in [-0.2, -0.15) is 0 Å². The highest BCUT2D eigenvalue weighted by Gasteiger charge is 2.22. The van der Waals surface area contributed by atoms with Crippen molar-refractivity contribution in [1.29, 1.82) is 0 Å². The maximum absolute atomic E-state index is 13.0. The van der Waals surface area contributed by atoms with E-state index in [2.05, 4.69) is 31.8 Å². The van der Waals surface area contributed by atoms with Crippen molar-refractivity contribution in [1.82, 2.24) is 15.4 Å². The smallest absolute Gasteiger partial charge is 0.269 e. The summed E-state index contributed by atoms with van der Waals surface area (Å²) in [5.41, 5.74) is 14.5. The molecule has 0 saturated heterocycles. The molecule has 0 unspecified atom stereocenters. The quantitative estimate of drug-likeness (QED) is 0.604. The van der Waals surface area contributed by atoms with Gasteiger partial charge >= 0.3 is 0 Å². The predicted molar refractivity (Wildman–Crippen MR) is 106 cm³/mol. The van der Waals surface area contributed by atoms with Gasteiger partial charge < -0.3 is 10.6 Å². The number of carbonyl (C=O) groups is 1. The summed E-state index contributed by atoms with van der Waals surface area (Å²) in [6.45, 7) is 0.791. The fourth-order valence-corrected chi connectivity index (χ4v) is 3.24. The highest BCUT2D eigenvalue weighted by atomic mass is 19.1. The Labute approximate surface area is 161 Å². The number of hydrazine groups is 1. The van der Waals surface area contributed by atoms with E-state index in [1.54, 1.807) is 0 Å². The van der Waals surface area contributed by atoms with Crippen LogP contribution in [0.1, 0.15) is 22.3 Å². The lowest BCUT2D eigenvalue weighted by atomic mass is 10.0. The third-order valence-electron chi connectivity index (χ3n) is 4.63. The van der Waals surface area contributed by atoms with Crippen molar-refractivity contribution < 1.29 is 9.18 Å². The van der Waals surface area contributed by atoms with Gasteiger partial charge in [0.1, 0.15) is 17.8 Å². The summed E-state index contributed by atoms with van der Waals surface area (Å²) in [7, 11) is 0. The fraction of sp³-hybridized carbons (Fsp3) is 0.150. The first kappa shape index (κ1) is 17.7. The molecule has 0 atom stereocenters. The SMILES string of the molecule is Nc1c(NNC(=O)c2ccc(F)cc2)ncnc1N1CCCc2ccccc21. The Hall–Kier alpha value is -3.68. The molecule has 7 nitrogen and oxygen atoms in total. The number of para-hydroxylation sites is 1. The Morgan fingerprint density at radius 1 is 1.11 bits per heavy atom. The molecule has 142 valence electrons. The molecule has 0 bridgehead atoms. The number of hydrogen-bond donors (Lipinski definition) is 3. The highest BCUT2D eigenvalue weighted by Crippen LogP contribution is 2.36. The van der Waals surface area contributed by atoms with Gasteiger partial charge in [-0.15, -0.1) is 0 Å². The Kier molecular flexibility index (Phi) is 4.76. The third-order valence-corrected chi connectivity index (χ3v) is 4.63. The number of nitrogens with two attached hydrogens (primary N) is 1. The van der Waals surface area contributed by atoms with Crippen LogP contribution in [0.25, 0.3) is 0 Å². The summed E-state index contributed by atoms with van der Waals surface area (Å²) in [4.78, 5) is 22.7. The van der Waals surface area contributed by atoms with Gasteiger partial charge in [-0.25, -0.2) is 14.4 Å². The molecule has 1 aliphatic heterocycles. The number of hydrogen-bond acceptors (Lipinski definition) is 6. The largest absolute Gasteiger partial charge is 0.393 e. The van der Waals surface area contributed by atoms with Gasteiger partial charge in [0.15, 0.2) is 11.6 Å². The van der Waals surface area contributed by atoms with E-state index in [-0.39, 0.29) is 0 Å². The maximum Gasteiger partial charge on any atom is 0.269 e. The van der Waals surface area contributed by atoms with Crippen molar-refractivity contribution in [2.24, 2.45) is 0 Å². The molecular formula is C20H19FN6O. The van der Waals surface area contributed by atoms with Crippen LogP contribution >= 0.6 is 0 Å². The standard InChI is InChI=1S/C20H19FN6O/c21-15-9-7-14(8-10-15)20(28)26-25-18-17(22)19(24-12-23-18)27-11-3-5-13-4-1-2-6-16(13)27/h1-2,4,6-10,12H,3,5,11,22H2,(H,26,28)(H,23,24,25). The van der Waals surface area contributed by atoms with Gasteiger partial charge in [0.25, 0.3) is 5.91 Å². The van der Waals surface area contributed by atoms with Crippen LogP contribution < -0.4 is 21.5 Å².